The normalized spacial score (nSPS) is 24.1. The van der Waals surface area contributed by atoms with E-state index in [0.29, 0.717) is 26.2 Å². The predicted octanol–water partition coefficient (Wildman–Crippen LogP) is 12.5. The van der Waals surface area contributed by atoms with Crippen molar-refractivity contribution in [1.29, 1.82) is 0 Å². The molecule has 11 heteroatoms. The first-order chi connectivity index (χ1) is 31.9. The number of aliphatic hydroxyl groups is 1. The molecule has 0 aromatic heterocycles. The Morgan fingerprint density at radius 2 is 1.05 bits per heavy atom. The first-order valence-corrected chi connectivity index (χ1v) is 25.2. The number of fused-ring (bicyclic) bond motifs is 1. The second-order valence-corrected chi connectivity index (χ2v) is 18.9. The topological polar surface area (TPSA) is 134 Å². The fourth-order valence-corrected chi connectivity index (χ4v) is 9.88. The zero-order valence-electron chi connectivity index (χ0n) is 39.6. The van der Waals surface area contributed by atoms with E-state index < -0.39 is 60.7 Å². The lowest BCUT2D eigenvalue weighted by Gasteiger charge is -2.47. The van der Waals surface area contributed by atoms with Gasteiger partial charge >= 0.3 is 0 Å². The largest absolute Gasteiger partial charge is 0.390 e. The summed E-state index contributed by atoms with van der Waals surface area (Å²) in [6, 6.07) is 29.4. The number of benzene rings is 3. The van der Waals surface area contributed by atoms with Crippen LogP contribution in [0.4, 0.5) is 0 Å². The summed E-state index contributed by atoms with van der Waals surface area (Å²) < 4.78 is 48.6. The number of unbranched alkanes of at least 4 members (excludes halogenated alkanes) is 11. The van der Waals surface area contributed by atoms with Crippen LogP contribution < -0.4 is 0 Å². The molecule has 3 aliphatic rings. The van der Waals surface area contributed by atoms with Crippen LogP contribution in [-0.2, 0) is 53.0 Å². The van der Waals surface area contributed by atoms with Crippen molar-refractivity contribution in [1.82, 2.24) is 0 Å². The van der Waals surface area contributed by atoms with Gasteiger partial charge < -0.3 is 38.3 Å². The van der Waals surface area contributed by atoms with Crippen LogP contribution in [0.1, 0.15) is 153 Å². The Kier molecular flexibility index (Phi) is 22.1. The summed E-state index contributed by atoms with van der Waals surface area (Å²) in [7, 11) is 0. The van der Waals surface area contributed by atoms with Gasteiger partial charge in [-0.05, 0) is 55.3 Å². The highest BCUT2D eigenvalue weighted by Crippen LogP contribution is 2.48. The molecule has 3 fully saturated rings. The molecule has 3 unspecified atom stereocenters. The molecule has 0 amide bonds. The second-order valence-electron chi connectivity index (χ2n) is 18.9. The molecule has 2 saturated carbocycles. The predicted molar refractivity (Wildman–Crippen MR) is 255 cm³/mol. The van der Waals surface area contributed by atoms with Crippen LogP contribution in [0.2, 0.25) is 0 Å². The van der Waals surface area contributed by atoms with Gasteiger partial charge in [0.15, 0.2) is 5.79 Å². The van der Waals surface area contributed by atoms with Gasteiger partial charge in [0.25, 0.3) is 0 Å². The minimum absolute atomic E-state index is 0.0488. The molecule has 2 aliphatic carbocycles. The van der Waals surface area contributed by atoms with Gasteiger partial charge in [-0.3, -0.25) is 0 Å². The third-order valence-corrected chi connectivity index (χ3v) is 13.3. The summed E-state index contributed by atoms with van der Waals surface area (Å²) >= 11 is 0. The smallest absolute Gasteiger partial charge is 0.169 e. The summed E-state index contributed by atoms with van der Waals surface area (Å²) in [4.78, 5) is 3.28. The molecule has 1 spiro atoms. The van der Waals surface area contributed by atoms with Gasteiger partial charge in [-0.15, -0.1) is 0 Å². The van der Waals surface area contributed by atoms with Crippen molar-refractivity contribution >= 4 is 0 Å². The Hall–Kier alpha value is -3.35. The van der Waals surface area contributed by atoms with Gasteiger partial charge in [-0.1, -0.05) is 187 Å². The van der Waals surface area contributed by atoms with Crippen LogP contribution in [0.25, 0.3) is 10.4 Å². The van der Waals surface area contributed by atoms with Crippen LogP contribution >= 0.6 is 0 Å². The summed E-state index contributed by atoms with van der Waals surface area (Å²) in [6.07, 6.45) is 14.4. The number of hydrogen-bond donors (Lipinski definition) is 1. The van der Waals surface area contributed by atoms with Gasteiger partial charge in [-0.2, -0.15) is 0 Å². The highest BCUT2D eigenvalue weighted by atomic mass is 16.8. The lowest BCUT2D eigenvalue weighted by atomic mass is 9.84. The van der Waals surface area contributed by atoms with Crippen molar-refractivity contribution in [3.05, 3.63) is 118 Å². The molecule has 65 heavy (non-hydrogen) atoms. The second kappa shape index (κ2) is 28.1. The molecule has 3 aromatic rings. The maximum absolute atomic E-state index is 11.8. The van der Waals surface area contributed by atoms with E-state index >= 15 is 0 Å². The average molecular weight is 898 g/mol. The van der Waals surface area contributed by atoms with Crippen molar-refractivity contribution in [3.8, 4) is 0 Å². The molecule has 1 saturated heterocycles. The molecule has 1 aliphatic heterocycles. The summed E-state index contributed by atoms with van der Waals surface area (Å²) in [5, 5.41) is 16.1. The van der Waals surface area contributed by atoms with E-state index in [1.54, 1.807) is 0 Å². The maximum Gasteiger partial charge on any atom is 0.169 e. The van der Waals surface area contributed by atoms with Crippen molar-refractivity contribution in [3.63, 3.8) is 0 Å². The molecule has 6 rings (SSSR count). The SMILES string of the molecule is CCCCCCCCCCCCCC[C@@H](O)[C@@H](OC(C)C)[C@@H](CO[C@@H]1C(OCc2ccccc2)C2OC3(CCCCC3)O[C@@H]2[C@H](OCc2ccccc2)C1OCc1ccccc1)N=[N+]=[N-]. The lowest BCUT2D eigenvalue weighted by Crippen LogP contribution is -2.65. The van der Waals surface area contributed by atoms with E-state index in [1.165, 1.54) is 57.8 Å². The Bertz CT molecular complexity index is 1760. The van der Waals surface area contributed by atoms with E-state index in [1.807, 2.05) is 92.7 Å². The molecule has 1 N–H and O–H groups in total. The fourth-order valence-electron chi connectivity index (χ4n) is 9.88. The molecule has 3 aromatic carbocycles. The zero-order chi connectivity index (χ0) is 45.5. The number of aliphatic hydroxyl groups excluding tert-OH is 1. The third kappa shape index (κ3) is 16.2. The molecule has 1 heterocycles. The highest BCUT2D eigenvalue weighted by Gasteiger charge is 2.62. The third-order valence-electron chi connectivity index (χ3n) is 13.3. The molecule has 9 atom stereocenters. The van der Waals surface area contributed by atoms with Crippen LogP contribution in [-0.4, -0.2) is 78.5 Å². The van der Waals surface area contributed by atoms with Crippen molar-refractivity contribution in [2.24, 2.45) is 5.11 Å². The van der Waals surface area contributed by atoms with Gasteiger partial charge in [-0.25, -0.2) is 0 Å². The van der Waals surface area contributed by atoms with E-state index in [9.17, 15) is 10.6 Å². The van der Waals surface area contributed by atoms with E-state index in [0.717, 1.165) is 68.1 Å². The molecule has 0 radical (unpaired) electrons. The Morgan fingerprint density at radius 3 is 1.49 bits per heavy atom. The number of azide groups is 1. The summed E-state index contributed by atoms with van der Waals surface area (Å²) in [5.41, 5.74) is 13.0. The minimum atomic E-state index is -0.856. The fraction of sp³-hybridized carbons (Fsp3) is 0.667. The van der Waals surface area contributed by atoms with Gasteiger partial charge in [0, 0.05) is 17.8 Å². The van der Waals surface area contributed by atoms with E-state index in [4.69, 9.17) is 33.2 Å². The molecule has 358 valence electrons. The molecule has 0 bridgehead atoms. The Balaban J connectivity index is 1.23. The Morgan fingerprint density at radius 1 is 0.615 bits per heavy atom. The zero-order valence-corrected chi connectivity index (χ0v) is 39.6. The lowest BCUT2D eigenvalue weighted by molar-refractivity contribution is -0.252. The standard InChI is InChI=1S/C54H79N3O8/c1-4-5-6-7-8-9-10-11-12-13-14-25-34-46(58)47(63-41(2)3)45(56-57-55)40-62-49-48(59-37-42-28-19-15-20-29-42)50(60-38-43-30-21-16-22-31-43)52-53(65-54(64-52)35-26-18-27-36-54)51(49)61-39-44-32-23-17-24-33-44/h15-17,19-24,28-33,41,45-53,58H,4-14,18,25-27,34-40H2,1-3H3/t45-,46-,47+,48?,49+,50-,51?,52-,53?/m1/s1. The minimum Gasteiger partial charge on any atom is -0.390 e. The summed E-state index contributed by atoms with van der Waals surface area (Å²) in [5.74, 6) is -0.767. The van der Waals surface area contributed by atoms with Crippen molar-refractivity contribution in [2.45, 2.75) is 223 Å². The quantitative estimate of drug-likeness (QED) is 0.0303. The van der Waals surface area contributed by atoms with Gasteiger partial charge in [0.05, 0.1) is 50.8 Å². The summed E-state index contributed by atoms with van der Waals surface area (Å²) in [6.45, 7) is 7.02. The van der Waals surface area contributed by atoms with Crippen LogP contribution in [0, 0.1) is 0 Å². The van der Waals surface area contributed by atoms with Crippen molar-refractivity contribution < 1.29 is 38.3 Å². The first-order valence-electron chi connectivity index (χ1n) is 25.2. The van der Waals surface area contributed by atoms with Crippen LogP contribution in [0.3, 0.4) is 0 Å². The van der Waals surface area contributed by atoms with E-state index in [-0.39, 0.29) is 12.7 Å². The maximum atomic E-state index is 11.8. The Labute approximate surface area is 389 Å². The first kappa shape index (κ1) is 51.0. The molecular formula is C54H79N3O8. The van der Waals surface area contributed by atoms with E-state index in [2.05, 4.69) is 29.1 Å². The molecule has 11 nitrogen and oxygen atoms in total. The van der Waals surface area contributed by atoms with Gasteiger partial charge in [0.2, 0.25) is 0 Å². The number of ether oxygens (including phenoxy) is 7. The number of rotatable bonds is 30. The van der Waals surface area contributed by atoms with Crippen LogP contribution in [0.15, 0.2) is 96.1 Å². The number of nitrogens with zero attached hydrogens (tertiary/aromatic N) is 3. The number of hydrogen-bond acceptors (Lipinski definition) is 9. The van der Waals surface area contributed by atoms with Gasteiger partial charge in [0.1, 0.15) is 36.6 Å². The van der Waals surface area contributed by atoms with Crippen molar-refractivity contribution in [2.75, 3.05) is 6.61 Å². The monoisotopic (exact) mass is 898 g/mol. The highest BCUT2D eigenvalue weighted by molar-refractivity contribution is 5.17. The molecular weight excluding hydrogens is 819 g/mol. The van der Waals surface area contributed by atoms with Crippen LogP contribution in [0.5, 0.6) is 0 Å². The average Bonchev–Trinajstić information content (AvgIpc) is 3.69.